The molecule has 2 aromatic rings. The molecule has 1 unspecified atom stereocenters. The van der Waals surface area contributed by atoms with Crippen molar-refractivity contribution < 1.29 is 0 Å². The van der Waals surface area contributed by atoms with Gasteiger partial charge in [0.1, 0.15) is 0 Å². The summed E-state index contributed by atoms with van der Waals surface area (Å²) < 4.78 is 0. The molecule has 0 aliphatic heterocycles. The van der Waals surface area contributed by atoms with Gasteiger partial charge in [0.15, 0.2) is 0 Å². The van der Waals surface area contributed by atoms with E-state index in [1.54, 1.807) is 12.4 Å². The van der Waals surface area contributed by atoms with Crippen molar-refractivity contribution in [1.82, 2.24) is 9.97 Å². The average Bonchev–Trinajstić information content (AvgIpc) is 2.32. The van der Waals surface area contributed by atoms with Crippen LogP contribution in [0.2, 0.25) is 5.02 Å². The van der Waals surface area contributed by atoms with Gasteiger partial charge >= 0.3 is 0 Å². The zero-order valence-corrected chi connectivity index (χ0v) is 10.7. The summed E-state index contributed by atoms with van der Waals surface area (Å²) in [7, 11) is 0. The quantitative estimate of drug-likeness (QED) is 0.849. The lowest BCUT2D eigenvalue weighted by molar-refractivity contribution is 1.08. The topological polar surface area (TPSA) is 37.8 Å². The molecule has 5 heteroatoms. The summed E-state index contributed by atoms with van der Waals surface area (Å²) in [5, 5.41) is 3.55. The van der Waals surface area contributed by atoms with Crippen molar-refractivity contribution in [3.8, 4) is 0 Å². The highest BCUT2D eigenvalue weighted by Crippen LogP contribution is 2.28. The second-order valence-corrected chi connectivity index (χ2v) is 4.64. The molecule has 0 aliphatic carbocycles. The van der Waals surface area contributed by atoms with Gasteiger partial charge in [-0.1, -0.05) is 29.8 Å². The maximum absolute atomic E-state index is 6.10. The van der Waals surface area contributed by atoms with Crippen LogP contribution in [-0.4, -0.2) is 9.97 Å². The minimum absolute atomic E-state index is 0.0778. The van der Waals surface area contributed by atoms with E-state index in [-0.39, 0.29) is 5.38 Å². The highest BCUT2D eigenvalue weighted by Gasteiger charge is 2.08. The van der Waals surface area contributed by atoms with E-state index < -0.39 is 0 Å². The van der Waals surface area contributed by atoms with E-state index in [2.05, 4.69) is 15.3 Å². The van der Waals surface area contributed by atoms with Gasteiger partial charge in [0.25, 0.3) is 0 Å². The van der Waals surface area contributed by atoms with E-state index in [0.717, 1.165) is 11.3 Å². The predicted molar refractivity (Wildman–Crippen MR) is 71.0 cm³/mol. The monoisotopic (exact) mass is 267 g/mol. The summed E-state index contributed by atoms with van der Waals surface area (Å²) >= 11 is 11.8. The highest BCUT2D eigenvalue weighted by molar-refractivity contribution is 6.30. The molecule has 0 bridgehead atoms. The van der Waals surface area contributed by atoms with E-state index in [1.165, 1.54) is 0 Å². The third-order valence-electron chi connectivity index (χ3n) is 2.26. The van der Waals surface area contributed by atoms with Crippen LogP contribution >= 0.6 is 23.2 Å². The summed E-state index contributed by atoms with van der Waals surface area (Å²) in [4.78, 5) is 8.15. The lowest BCUT2D eigenvalue weighted by Gasteiger charge is -2.11. The van der Waals surface area contributed by atoms with Crippen LogP contribution in [0.4, 0.5) is 11.6 Å². The van der Waals surface area contributed by atoms with Crippen LogP contribution in [0.5, 0.6) is 0 Å². The van der Waals surface area contributed by atoms with E-state index >= 15 is 0 Å². The molecule has 0 spiro atoms. The van der Waals surface area contributed by atoms with Crippen molar-refractivity contribution >= 4 is 34.8 Å². The molecule has 0 saturated heterocycles. The molecule has 1 aromatic heterocycles. The minimum atomic E-state index is -0.0778. The molecular formula is C12H11Cl2N3. The second kappa shape index (κ2) is 5.34. The predicted octanol–water partition coefficient (Wildman–Crippen LogP) is 4.17. The Morgan fingerprint density at radius 1 is 1.18 bits per heavy atom. The molecule has 0 aliphatic rings. The van der Waals surface area contributed by atoms with Gasteiger partial charge in [-0.25, -0.2) is 9.97 Å². The number of benzene rings is 1. The van der Waals surface area contributed by atoms with Gasteiger partial charge in [-0.2, -0.15) is 0 Å². The molecule has 1 aromatic carbocycles. The summed E-state index contributed by atoms with van der Waals surface area (Å²) in [5.41, 5.74) is 1.91. The molecule has 88 valence electrons. The molecular weight excluding hydrogens is 257 g/mol. The van der Waals surface area contributed by atoms with Crippen LogP contribution in [0.25, 0.3) is 0 Å². The fourth-order valence-corrected chi connectivity index (χ4v) is 1.74. The molecule has 1 N–H and O–H groups in total. The smallest absolute Gasteiger partial charge is 0.227 e. The Morgan fingerprint density at radius 2 is 1.82 bits per heavy atom. The van der Waals surface area contributed by atoms with Crippen molar-refractivity contribution in [3.05, 3.63) is 47.2 Å². The summed E-state index contributed by atoms with van der Waals surface area (Å²) in [6.45, 7) is 1.92. The van der Waals surface area contributed by atoms with Gasteiger partial charge in [-0.05, 0) is 18.6 Å². The number of halogens is 2. The molecule has 17 heavy (non-hydrogen) atoms. The molecule has 0 fully saturated rings. The number of aromatic nitrogens is 2. The molecule has 0 radical (unpaired) electrons. The van der Waals surface area contributed by atoms with Crippen LogP contribution in [-0.2, 0) is 0 Å². The van der Waals surface area contributed by atoms with Crippen molar-refractivity contribution in [2.24, 2.45) is 0 Å². The van der Waals surface area contributed by atoms with Crippen LogP contribution in [0.3, 0.4) is 0 Å². The largest absolute Gasteiger partial charge is 0.324 e. The zero-order chi connectivity index (χ0) is 12.3. The first-order chi connectivity index (χ1) is 8.16. The lowest BCUT2D eigenvalue weighted by atomic mass is 10.1. The van der Waals surface area contributed by atoms with Crippen LogP contribution < -0.4 is 5.32 Å². The summed E-state index contributed by atoms with van der Waals surface area (Å²) in [5.74, 6) is 0.499. The number of hydrogen-bond acceptors (Lipinski definition) is 3. The molecule has 1 heterocycles. The summed E-state index contributed by atoms with van der Waals surface area (Å²) in [6, 6.07) is 7.78. The van der Waals surface area contributed by atoms with Crippen LogP contribution in [0.15, 0.2) is 36.7 Å². The molecule has 3 nitrogen and oxygen atoms in total. The average molecular weight is 268 g/mol. The fraction of sp³-hybridized carbons (Fsp3) is 0.167. The third-order valence-corrected chi connectivity index (χ3v) is 2.69. The number of hydrogen-bond donors (Lipinski definition) is 1. The van der Waals surface area contributed by atoms with E-state index in [1.807, 2.05) is 31.2 Å². The van der Waals surface area contributed by atoms with Crippen molar-refractivity contribution in [1.29, 1.82) is 0 Å². The Morgan fingerprint density at radius 3 is 2.47 bits per heavy atom. The van der Waals surface area contributed by atoms with E-state index in [4.69, 9.17) is 23.2 Å². The highest BCUT2D eigenvalue weighted by atomic mass is 35.5. The minimum Gasteiger partial charge on any atom is -0.324 e. The number of nitrogens with one attached hydrogen (secondary N) is 1. The first-order valence-corrected chi connectivity index (χ1v) is 5.96. The SMILES string of the molecule is CC(Cl)c1ccccc1Nc1ncc(Cl)cn1. The van der Waals surface area contributed by atoms with Crippen molar-refractivity contribution in [3.63, 3.8) is 0 Å². The lowest BCUT2D eigenvalue weighted by Crippen LogP contribution is -1.99. The van der Waals surface area contributed by atoms with E-state index in [0.29, 0.717) is 11.0 Å². The van der Waals surface area contributed by atoms with Crippen molar-refractivity contribution in [2.45, 2.75) is 12.3 Å². The number of anilines is 2. The molecule has 0 saturated carbocycles. The van der Waals surface area contributed by atoms with Gasteiger partial charge in [0.05, 0.1) is 22.8 Å². The maximum atomic E-state index is 6.10. The first-order valence-electron chi connectivity index (χ1n) is 5.14. The second-order valence-electron chi connectivity index (χ2n) is 3.55. The number of rotatable bonds is 3. The Labute approximate surface area is 110 Å². The summed E-state index contributed by atoms with van der Waals surface area (Å²) in [6.07, 6.45) is 3.09. The number of alkyl halides is 1. The first kappa shape index (κ1) is 12.1. The Kier molecular flexibility index (Phi) is 3.82. The molecule has 0 amide bonds. The molecule has 2 rings (SSSR count). The number of nitrogens with zero attached hydrogens (tertiary/aromatic N) is 2. The van der Waals surface area contributed by atoms with Crippen LogP contribution in [0, 0.1) is 0 Å². The molecule has 1 atom stereocenters. The standard InChI is InChI=1S/C12H11Cl2N3/c1-8(13)10-4-2-3-5-11(10)17-12-15-6-9(14)7-16-12/h2-8H,1H3,(H,15,16,17). The van der Waals surface area contributed by atoms with E-state index in [9.17, 15) is 0 Å². The van der Waals surface area contributed by atoms with Gasteiger partial charge < -0.3 is 5.32 Å². The third kappa shape index (κ3) is 3.08. The Bertz CT molecular complexity index is 497. The Hall–Kier alpha value is -1.32. The van der Waals surface area contributed by atoms with Gasteiger partial charge in [0.2, 0.25) is 5.95 Å². The Balaban J connectivity index is 2.26. The zero-order valence-electron chi connectivity index (χ0n) is 9.19. The normalized spacial score (nSPS) is 12.2. The number of para-hydroxylation sites is 1. The van der Waals surface area contributed by atoms with Gasteiger partial charge in [0, 0.05) is 5.69 Å². The maximum Gasteiger partial charge on any atom is 0.227 e. The van der Waals surface area contributed by atoms with Crippen LogP contribution in [0.1, 0.15) is 17.9 Å². The van der Waals surface area contributed by atoms with Gasteiger partial charge in [-0.15, -0.1) is 11.6 Å². The fourth-order valence-electron chi connectivity index (χ4n) is 1.45. The van der Waals surface area contributed by atoms with Gasteiger partial charge in [-0.3, -0.25) is 0 Å². The van der Waals surface area contributed by atoms with Crippen molar-refractivity contribution in [2.75, 3.05) is 5.32 Å².